The van der Waals surface area contributed by atoms with Crippen LogP contribution in [0.5, 0.6) is 0 Å². The Hall–Kier alpha value is -4.42. The summed E-state index contributed by atoms with van der Waals surface area (Å²) in [6.07, 6.45) is 3.34. The van der Waals surface area contributed by atoms with Gasteiger partial charge in [-0.15, -0.1) is 0 Å². The molecule has 0 unspecified atom stereocenters. The van der Waals surface area contributed by atoms with Crippen LogP contribution < -0.4 is 16.0 Å². The van der Waals surface area contributed by atoms with Gasteiger partial charge < -0.3 is 25.4 Å². The van der Waals surface area contributed by atoms with Gasteiger partial charge in [0.2, 0.25) is 5.95 Å². The predicted octanol–water partition coefficient (Wildman–Crippen LogP) is 2.89. The fraction of sp³-hybridized carbons (Fsp3) is 0.200. The highest BCUT2D eigenvalue weighted by Gasteiger charge is 2.18. The first-order valence-corrected chi connectivity index (χ1v) is 11.0. The van der Waals surface area contributed by atoms with Crippen LogP contribution in [0.25, 0.3) is 16.7 Å². The molecule has 1 aliphatic heterocycles. The van der Waals surface area contributed by atoms with Crippen molar-refractivity contribution in [2.75, 3.05) is 43.4 Å². The van der Waals surface area contributed by atoms with E-state index in [9.17, 15) is 10.1 Å². The van der Waals surface area contributed by atoms with Crippen molar-refractivity contribution in [1.29, 1.82) is 5.26 Å². The molecule has 5 rings (SSSR count). The number of hydrogen-bond donors (Lipinski definition) is 2. The van der Waals surface area contributed by atoms with Crippen LogP contribution >= 0.6 is 0 Å². The molecule has 0 saturated carbocycles. The summed E-state index contributed by atoms with van der Waals surface area (Å²) < 4.78 is 1.82. The molecule has 0 radical (unpaired) electrons. The van der Waals surface area contributed by atoms with E-state index in [-0.39, 0.29) is 0 Å². The molecule has 3 heterocycles. The molecule has 34 heavy (non-hydrogen) atoms. The predicted molar refractivity (Wildman–Crippen MR) is 132 cm³/mol. The van der Waals surface area contributed by atoms with Crippen molar-refractivity contribution in [2.24, 2.45) is 5.73 Å². The quantitative estimate of drug-likeness (QED) is 0.478. The highest BCUT2D eigenvalue weighted by Crippen LogP contribution is 2.27. The number of rotatable bonds is 5. The number of primary amides is 1. The average molecular weight is 453 g/mol. The van der Waals surface area contributed by atoms with Crippen molar-refractivity contribution >= 4 is 34.1 Å². The van der Waals surface area contributed by atoms with Gasteiger partial charge in [-0.1, -0.05) is 18.2 Å². The molecule has 0 aliphatic carbocycles. The number of anilines is 3. The summed E-state index contributed by atoms with van der Waals surface area (Å²) in [5.41, 5.74) is 9.10. The number of nitrogens with zero attached hydrogens (tertiary/aromatic N) is 6. The minimum absolute atomic E-state index is 0.382. The monoisotopic (exact) mass is 452 g/mol. The van der Waals surface area contributed by atoms with Gasteiger partial charge in [0.15, 0.2) is 0 Å². The summed E-state index contributed by atoms with van der Waals surface area (Å²) in [7, 11) is 2.11. The average Bonchev–Trinajstić information content (AvgIpc) is 3.25. The van der Waals surface area contributed by atoms with E-state index < -0.39 is 5.91 Å². The highest BCUT2D eigenvalue weighted by atomic mass is 16.1. The van der Waals surface area contributed by atoms with Crippen LogP contribution in [0.3, 0.4) is 0 Å². The number of para-hydroxylation sites is 1. The topological polar surface area (TPSA) is 116 Å². The normalized spacial score (nSPS) is 14.2. The zero-order valence-corrected chi connectivity index (χ0v) is 18.8. The molecule has 0 spiro atoms. The lowest BCUT2D eigenvalue weighted by atomic mass is 10.1. The minimum Gasteiger partial charge on any atom is -0.368 e. The summed E-state index contributed by atoms with van der Waals surface area (Å²) in [4.78, 5) is 25.4. The summed E-state index contributed by atoms with van der Waals surface area (Å²) in [6.45, 7) is 3.72. The van der Waals surface area contributed by atoms with E-state index in [2.05, 4.69) is 38.2 Å². The molecule has 1 aliphatic rings. The van der Waals surface area contributed by atoms with E-state index in [1.165, 1.54) is 0 Å². The molecule has 9 nitrogen and oxygen atoms in total. The van der Waals surface area contributed by atoms with Crippen molar-refractivity contribution in [2.45, 2.75) is 0 Å². The highest BCUT2D eigenvalue weighted by molar-refractivity contribution is 6.06. The van der Waals surface area contributed by atoms with Gasteiger partial charge in [-0.2, -0.15) is 10.2 Å². The second-order valence-corrected chi connectivity index (χ2v) is 8.29. The van der Waals surface area contributed by atoms with Gasteiger partial charge in [0.1, 0.15) is 11.9 Å². The summed E-state index contributed by atoms with van der Waals surface area (Å²) in [5.74, 6) is 0.481. The third kappa shape index (κ3) is 4.02. The summed E-state index contributed by atoms with van der Waals surface area (Å²) >= 11 is 0. The third-order valence-corrected chi connectivity index (χ3v) is 6.08. The number of fused-ring (bicyclic) bond motifs is 1. The minimum atomic E-state index is -0.494. The number of nitrogens with one attached hydrogen (secondary N) is 1. The Bertz CT molecular complexity index is 1410. The number of likely N-dealkylation sites (N-methyl/N-ethyl adjacent to an activating group) is 1. The molecule has 1 saturated heterocycles. The fourth-order valence-electron chi connectivity index (χ4n) is 4.26. The number of carbonyl (C=O) groups is 1. The molecule has 1 amide bonds. The van der Waals surface area contributed by atoms with Crippen molar-refractivity contribution in [1.82, 2.24) is 19.4 Å². The lowest BCUT2D eigenvalue weighted by Crippen LogP contribution is -2.44. The van der Waals surface area contributed by atoms with E-state index in [0.717, 1.165) is 48.5 Å². The van der Waals surface area contributed by atoms with Gasteiger partial charge in [0, 0.05) is 49.6 Å². The molecular weight excluding hydrogens is 428 g/mol. The Labute approximate surface area is 197 Å². The van der Waals surface area contributed by atoms with E-state index in [1.807, 2.05) is 47.0 Å². The molecule has 170 valence electrons. The first-order chi connectivity index (χ1) is 16.5. The smallest absolute Gasteiger partial charge is 0.250 e. The molecule has 2 aromatic carbocycles. The number of hydrogen-bond acceptors (Lipinski definition) is 7. The number of carbonyl (C=O) groups excluding carboxylic acids is 1. The number of piperazine rings is 1. The maximum absolute atomic E-state index is 11.9. The third-order valence-electron chi connectivity index (χ3n) is 6.08. The van der Waals surface area contributed by atoms with Gasteiger partial charge in [0.25, 0.3) is 5.91 Å². The summed E-state index contributed by atoms with van der Waals surface area (Å²) in [6, 6.07) is 17.3. The number of nitriles is 1. The van der Waals surface area contributed by atoms with Crippen LogP contribution in [0.2, 0.25) is 0 Å². The van der Waals surface area contributed by atoms with Crippen molar-refractivity contribution in [3.8, 4) is 11.9 Å². The fourth-order valence-corrected chi connectivity index (χ4v) is 4.26. The zero-order chi connectivity index (χ0) is 23.7. The number of aromatic nitrogens is 3. The van der Waals surface area contributed by atoms with E-state index in [4.69, 9.17) is 5.73 Å². The number of nitrogens with two attached hydrogens (primary N) is 1. The second-order valence-electron chi connectivity index (χ2n) is 8.29. The Kier molecular flexibility index (Phi) is 5.57. The second kappa shape index (κ2) is 8.84. The molecule has 9 heteroatoms. The zero-order valence-electron chi connectivity index (χ0n) is 18.8. The van der Waals surface area contributed by atoms with Crippen LogP contribution in [0.1, 0.15) is 15.9 Å². The molecule has 0 bridgehead atoms. The molecule has 0 atom stereocenters. The Morgan fingerprint density at radius 1 is 1.12 bits per heavy atom. The van der Waals surface area contributed by atoms with Crippen molar-refractivity contribution < 1.29 is 4.79 Å². The van der Waals surface area contributed by atoms with Gasteiger partial charge in [-0.25, -0.2) is 4.98 Å². The SMILES string of the molecule is CN1CCN(c2ccc(Nc3nccc(-n4cc(C(N)=O)c5ccccc54)n3)cc2C#N)CC1. The number of amides is 1. The number of benzene rings is 2. The summed E-state index contributed by atoms with van der Waals surface area (Å²) in [5, 5.41) is 13.7. The van der Waals surface area contributed by atoms with E-state index in [0.29, 0.717) is 22.9 Å². The van der Waals surface area contributed by atoms with Gasteiger partial charge in [-0.05, 0) is 37.4 Å². The molecule has 4 aromatic rings. The molecule has 3 N–H and O–H groups in total. The van der Waals surface area contributed by atoms with Crippen LogP contribution in [-0.2, 0) is 0 Å². The van der Waals surface area contributed by atoms with E-state index in [1.54, 1.807) is 18.5 Å². The molecule has 1 fully saturated rings. The standard InChI is InChI=1S/C25H24N8O/c1-31-10-12-32(13-11-31)21-7-6-18(14-17(21)15-26)29-25-28-9-8-23(30-25)33-16-20(24(27)34)19-4-2-3-5-22(19)33/h2-9,14,16H,10-13H2,1H3,(H2,27,34)(H,28,29,30). The maximum Gasteiger partial charge on any atom is 0.250 e. The van der Waals surface area contributed by atoms with Gasteiger partial charge in [0.05, 0.1) is 22.3 Å². The lowest BCUT2D eigenvalue weighted by Gasteiger charge is -2.34. The van der Waals surface area contributed by atoms with Gasteiger partial charge >= 0.3 is 0 Å². The van der Waals surface area contributed by atoms with Crippen LogP contribution in [0, 0.1) is 11.3 Å². The first-order valence-electron chi connectivity index (χ1n) is 11.0. The Morgan fingerprint density at radius 3 is 2.68 bits per heavy atom. The van der Waals surface area contributed by atoms with Crippen LogP contribution in [-0.4, -0.2) is 58.6 Å². The first kappa shape index (κ1) is 21.4. The van der Waals surface area contributed by atoms with Crippen molar-refractivity contribution in [3.05, 3.63) is 72.1 Å². The van der Waals surface area contributed by atoms with E-state index >= 15 is 0 Å². The van der Waals surface area contributed by atoms with Gasteiger partial charge in [-0.3, -0.25) is 4.79 Å². The largest absolute Gasteiger partial charge is 0.368 e. The van der Waals surface area contributed by atoms with Crippen LogP contribution in [0.4, 0.5) is 17.3 Å². The van der Waals surface area contributed by atoms with Crippen LogP contribution in [0.15, 0.2) is 60.9 Å². The molecular formula is C25H24N8O. The Morgan fingerprint density at radius 2 is 1.91 bits per heavy atom. The van der Waals surface area contributed by atoms with Crippen molar-refractivity contribution in [3.63, 3.8) is 0 Å². The molecule has 2 aromatic heterocycles. The Balaban J connectivity index is 1.44. The lowest BCUT2D eigenvalue weighted by molar-refractivity contribution is 0.100. The maximum atomic E-state index is 11.9.